The number of likely N-dealkylation sites (tertiary alicyclic amines) is 1. The van der Waals surface area contributed by atoms with Gasteiger partial charge in [0.1, 0.15) is 0 Å². The van der Waals surface area contributed by atoms with Crippen molar-refractivity contribution in [1.29, 1.82) is 0 Å². The second-order valence-electron chi connectivity index (χ2n) is 7.07. The van der Waals surface area contributed by atoms with E-state index in [0.717, 1.165) is 38.7 Å². The zero-order valence-corrected chi connectivity index (χ0v) is 14.3. The van der Waals surface area contributed by atoms with Crippen molar-refractivity contribution in [2.75, 3.05) is 40.5 Å². The van der Waals surface area contributed by atoms with Gasteiger partial charge in [0.15, 0.2) is 5.96 Å². The van der Waals surface area contributed by atoms with E-state index < -0.39 is 0 Å². The molecule has 1 N–H and O–H groups in total. The zero-order valence-electron chi connectivity index (χ0n) is 14.3. The summed E-state index contributed by atoms with van der Waals surface area (Å²) in [6.45, 7) is 5.93. The van der Waals surface area contributed by atoms with Crippen molar-refractivity contribution < 1.29 is 9.47 Å². The molecule has 1 spiro atoms. The molecule has 2 saturated carbocycles. The van der Waals surface area contributed by atoms with E-state index in [9.17, 15) is 0 Å². The van der Waals surface area contributed by atoms with Gasteiger partial charge in [0.25, 0.3) is 0 Å². The van der Waals surface area contributed by atoms with Gasteiger partial charge in [0.05, 0.1) is 12.7 Å². The molecular weight excluding hydrogens is 278 g/mol. The molecule has 0 aromatic carbocycles. The molecule has 0 aromatic heterocycles. The van der Waals surface area contributed by atoms with Crippen molar-refractivity contribution in [1.82, 2.24) is 10.2 Å². The van der Waals surface area contributed by atoms with Crippen molar-refractivity contribution in [3.63, 3.8) is 0 Å². The molecule has 0 amide bonds. The zero-order chi connectivity index (χ0) is 15.6. The van der Waals surface area contributed by atoms with Crippen LogP contribution in [0.5, 0.6) is 0 Å². The Bertz CT molecular complexity index is 409. The molecule has 0 aromatic rings. The number of rotatable bonds is 5. The number of aliphatic imine (C=N–C) groups is 1. The van der Waals surface area contributed by atoms with Crippen molar-refractivity contribution in [3.8, 4) is 0 Å². The lowest BCUT2D eigenvalue weighted by Crippen LogP contribution is -2.68. The number of nitrogens with one attached hydrogen (secondary N) is 1. The molecule has 1 heterocycles. The quantitative estimate of drug-likeness (QED) is 0.622. The lowest BCUT2D eigenvalue weighted by atomic mass is 9.51. The van der Waals surface area contributed by atoms with Crippen LogP contribution in [-0.2, 0) is 9.47 Å². The van der Waals surface area contributed by atoms with E-state index in [2.05, 4.69) is 22.1 Å². The molecule has 1 saturated heterocycles. The highest BCUT2D eigenvalue weighted by Crippen LogP contribution is 2.57. The van der Waals surface area contributed by atoms with Crippen molar-refractivity contribution in [2.45, 2.75) is 51.2 Å². The molecule has 5 nitrogen and oxygen atoms in total. The summed E-state index contributed by atoms with van der Waals surface area (Å²) in [6.07, 6.45) is 6.74. The predicted octanol–water partition coefficient (Wildman–Crippen LogP) is 1.88. The Hall–Kier alpha value is -0.810. The van der Waals surface area contributed by atoms with Crippen LogP contribution in [0.2, 0.25) is 0 Å². The highest BCUT2D eigenvalue weighted by atomic mass is 16.5. The van der Waals surface area contributed by atoms with Gasteiger partial charge in [-0.2, -0.15) is 0 Å². The molecule has 0 bridgehead atoms. The molecule has 0 radical (unpaired) electrons. The van der Waals surface area contributed by atoms with E-state index >= 15 is 0 Å². The molecule has 3 aliphatic rings. The summed E-state index contributed by atoms with van der Waals surface area (Å²) in [6, 6.07) is 0.540. The number of hydrogen-bond acceptors (Lipinski definition) is 3. The van der Waals surface area contributed by atoms with Crippen molar-refractivity contribution >= 4 is 5.96 Å². The minimum atomic E-state index is 0.387. The predicted molar refractivity (Wildman–Crippen MR) is 88.2 cm³/mol. The Morgan fingerprint density at radius 1 is 1.41 bits per heavy atom. The molecule has 3 rings (SSSR count). The van der Waals surface area contributed by atoms with Crippen LogP contribution in [0.15, 0.2) is 4.99 Å². The first-order valence-corrected chi connectivity index (χ1v) is 8.82. The van der Waals surface area contributed by atoms with Crippen LogP contribution in [0.4, 0.5) is 0 Å². The summed E-state index contributed by atoms with van der Waals surface area (Å²) in [4.78, 5) is 6.92. The highest BCUT2D eigenvalue weighted by Gasteiger charge is 2.59. The second-order valence-corrected chi connectivity index (χ2v) is 7.07. The average molecular weight is 309 g/mol. The number of nitrogens with zero attached hydrogens (tertiary/aromatic N) is 2. The summed E-state index contributed by atoms with van der Waals surface area (Å²) >= 11 is 0. The Labute approximate surface area is 134 Å². The van der Waals surface area contributed by atoms with Crippen molar-refractivity contribution in [2.24, 2.45) is 16.3 Å². The van der Waals surface area contributed by atoms with Crippen molar-refractivity contribution in [3.05, 3.63) is 0 Å². The van der Waals surface area contributed by atoms with E-state index in [1.54, 1.807) is 7.11 Å². The van der Waals surface area contributed by atoms with Crippen LogP contribution in [0.3, 0.4) is 0 Å². The summed E-state index contributed by atoms with van der Waals surface area (Å²) in [5.74, 6) is 1.71. The molecule has 22 heavy (non-hydrogen) atoms. The summed E-state index contributed by atoms with van der Waals surface area (Å²) in [7, 11) is 3.69. The van der Waals surface area contributed by atoms with E-state index in [1.807, 2.05) is 7.05 Å². The first-order valence-electron chi connectivity index (χ1n) is 8.82. The largest absolute Gasteiger partial charge is 0.384 e. The normalized spacial score (nSPS) is 33.7. The van der Waals surface area contributed by atoms with Gasteiger partial charge in [-0.1, -0.05) is 6.42 Å². The van der Waals surface area contributed by atoms with Gasteiger partial charge in [-0.3, -0.25) is 4.99 Å². The summed E-state index contributed by atoms with van der Waals surface area (Å²) in [5.41, 5.74) is 0.387. The second kappa shape index (κ2) is 6.75. The van der Waals surface area contributed by atoms with Gasteiger partial charge in [-0.25, -0.2) is 0 Å². The first-order chi connectivity index (χ1) is 10.7. The first kappa shape index (κ1) is 16.1. The molecule has 5 heteroatoms. The summed E-state index contributed by atoms with van der Waals surface area (Å²) < 4.78 is 11.2. The monoisotopic (exact) mass is 309 g/mol. The number of methoxy groups -OCH3 is 1. The van der Waals surface area contributed by atoms with E-state index in [4.69, 9.17) is 9.47 Å². The van der Waals surface area contributed by atoms with Gasteiger partial charge in [-0.15, -0.1) is 0 Å². The molecule has 3 fully saturated rings. The standard InChI is InChI=1S/C17H31N3O2/c1-4-22-15-10-14(17(15)7-5-8-17)19-16(18-2)20-9-6-13(11-20)12-21-3/h13-15H,4-12H2,1-3H3,(H,18,19). The Morgan fingerprint density at radius 3 is 2.82 bits per heavy atom. The molecular formula is C17H31N3O2. The molecule has 126 valence electrons. The molecule has 1 aliphatic heterocycles. The smallest absolute Gasteiger partial charge is 0.193 e. The van der Waals surface area contributed by atoms with Gasteiger partial charge < -0.3 is 19.7 Å². The minimum absolute atomic E-state index is 0.387. The van der Waals surface area contributed by atoms with Crippen LogP contribution < -0.4 is 5.32 Å². The number of ether oxygens (including phenoxy) is 2. The third-order valence-corrected chi connectivity index (χ3v) is 5.94. The minimum Gasteiger partial charge on any atom is -0.384 e. The lowest BCUT2D eigenvalue weighted by Gasteiger charge is -2.61. The number of hydrogen-bond donors (Lipinski definition) is 1. The Morgan fingerprint density at radius 2 is 2.23 bits per heavy atom. The van der Waals surface area contributed by atoms with Crippen LogP contribution >= 0.6 is 0 Å². The molecule has 3 atom stereocenters. The van der Waals surface area contributed by atoms with Gasteiger partial charge >= 0.3 is 0 Å². The van der Waals surface area contributed by atoms with Crippen LogP contribution in [0.1, 0.15) is 39.0 Å². The maximum Gasteiger partial charge on any atom is 0.193 e. The Balaban J connectivity index is 1.56. The maximum atomic E-state index is 5.95. The van der Waals surface area contributed by atoms with E-state index in [1.165, 1.54) is 25.7 Å². The highest BCUT2D eigenvalue weighted by molar-refractivity contribution is 5.80. The SMILES string of the molecule is CCOC1CC(NC(=NC)N2CCC(COC)C2)C12CCC2. The lowest BCUT2D eigenvalue weighted by molar-refractivity contribution is -0.168. The van der Waals surface area contributed by atoms with Crippen LogP contribution in [-0.4, -0.2) is 63.5 Å². The Kier molecular flexibility index (Phi) is 4.93. The summed E-state index contributed by atoms with van der Waals surface area (Å²) in [5, 5.41) is 3.74. The van der Waals surface area contributed by atoms with Gasteiger partial charge in [-0.05, 0) is 32.6 Å². The average Bonchev–Trinajstić information content (AvgIpc) is 2.89. The fourth-order valence-corrected chi connectivity index (χ4v) is 4.49. The third kappa shape index (κ3) is 2.73. The fourth-order valence-electron chi connectivity index (χ4n) is 4.49. The number of guanidine groups is 1. The fraction of sp³-hybridized carbons (Fsp3) is 0.941. The third-order valence-electron chi connectivity index (χ3n) is 5.94. The molecule has 2 aliphatic carbocycles. The van der Waals surface area contributed by atoms with E-state index in [-0.39, 0.29) is 0 Å². The van der Waals surface area contributed by atoms with Gasteiger partial charge in [0.2, 0.25) is 0 Å². The van der Waals surface area contributed by atoms with E-state index in [0.29, 0.717) is 23.5 Å². The molecule has 3 unspecified atom stereocenters. The van der Waals surface area contributed by atoms with Crippen LogP contribution in [0.25, 0.3) is 0 Å². The topological polar surface area (TPSA) is 46.1 Å². The van der Waals surface area contributed by atoms with Gasteiger partial charge in [0, 0.05) is 51.2 Å². The van der Waals surface area contributed by atoms with Crippen LogP contribution in [0, 0.1) is 11.3 Å². The maximum absolute atomic E-state index is 5.95.